The first-order chi connectivity index (χ1) is 17.0. The SMILES string of the molecule is Cc1c(-c2c([N+](=O)[O-])cnn2-c2ccc(C#N)cc2)c(=O)n(C)c(=O)n1-c1cccc(C(F)(F)F)c1. The fourth-order valence-corrected chi connectivity index (χ4v) is 3.79. The summed E-state index contributed by atoms with van der Waals surface area (Å²) < 4.78 is 42.6. The number of hydrogen-bond acceptors (Lipinski definition) is 6. The Hall–Kier alpha value is -4.99. The van der Waals surface area contributed by atoms with E-state index in [-0.39, 0.29) is 28.3 Å². The van der Waals surface area contributed by atoms with E-state index >= 15 is 0 Å². The fraction of sp³-hybridized carbons (Fsp3) is 0.130. The van der Waals surface area contributed by atoms with Gasteiger partial charge in [0.1, 0.15) is 6.20 Å². The van der Waals surface area contributed by atoms with E-state index in [0.29, 0.717) is 10.1 Å². The van der Waals surface area contributed by atoms with Crippen molar-refractivity contribution in [2.75, 3.05) is 0 Å². The molecular weight excluding hydrogens is 481 g/mol. The molecule has 0 aliphatic rings. The van der Waals surface area contributed by atoms with Crippen molar-refractivity contribution in [1.29, 1.82) is 5.26 Å². The quantitative estimate of drug-likeness (QED) is 0.314. The number of hydrogen-bond donors (Lipinski definition) is 0. The van der Waals surface area contributed by atoms with Gasteiger partial charge < -0.3 is 0 Å². The molecule has 0 aliphatic carbocycles. The molecule has 2 aromatic carbocycles. The van der Waals surface area contributed by atoms with Crippen molar-refractivity contribution in [3.8, 4) is 28.7 Å². The maximum absolute atomic E-state index is 13.3. The van der Waals surface area contributed by atoms with Crippen LogP contribution in [0.1, 0.15) is 16.8 Å². The van der Waals surface area contributed by atoms with Crippen LogP contribution >= 0.6 is 0 Å². The van der Waals surface area contributed by atoms with E-state index in [2.05, 4.69) is 5.10 Å². The van der Waals surface area contributed by atoms with E-state index in [0.717, 1.165) is 40.7 Å². The summed E-state index contributed by atoms with van der Waals surface area (Å²) in [4.78, 5) is 37.3. The van der Waals surface area contributed by atoms with E-state index in [4.69, 9.17) is 5.26 Å². The largest absolute Gasteiger partial charge is 0.416 e. The Labute approximate surface area is 199 Å². The number of halogens is 3. The minimum atomic E-state index is -4.69. The van der Waals surface area contributed by atoms with Crippen molar-refractivity contribution < 1.29 is 18.1 Å². The summed E-state index contributed by atoms with van der Waals surface area (Å²) in [5.74, 6) is 0. The van der Waals surface area contributed by atoms with Crippen LogP contribution in [-0.2, 0) is 13.2 Å². The van der Waals surface area contributed by atoms with Crippen molar-refractivity contribution in [3.05, 3.63) is 103 Å². The maximum Gasteiger partial charge on any atom is 0.416 e. The average Bonchev–Trinajstić information content (AvgIpc) is 3.27. The molecule has 10 nitrogen and oxygen atoms in total. The van der Waals surface area contributed by atoms with Gasteiger partial charge in [0.2, 0.25) is 0 Å². The summed E-state index contributed by atoms with van der Waals surface area (Å²) >= 11 is 0. The van der Waals surface area contributed by atoms with Gasteiger partial charge in [0.05, 0.1) is 39.1 Å². The summed E-state index contributed by atoms with van der Waals surface area (Å²) in [5, 5.41) is 24.9. The Morgan fingerprint density at radius 2 is 1.75 bits per heavy atom. The highest BCUT2D eigenvalue weighted by molar-refractivity contribution is 5.73. The Bertz CT molecular complexity index is 1670. The first-order valence-corrected chi connectivity index (χ1v) is 10.2. The number of aromatic nitrogens is 4. The van der Waals surface area contributed by atoms with Gasteiger partial charge in [-0.05, 0) is 49.4 Å². The van der Waals surface area contributed by atoms with Gasteiger partial charge in [-0.2, -0.15) is 23.5 Å². The average molecular weight is 496 g/mol. The highest BCUT2D eigenvalue weighted by Gasteiger charge is 2.32. The predicted molar refractivity (Wildman–Crippen MR) is 121 cm³/mol. The van der Waals surface area contributed by atoms with Gasteiger partial charge in [-0.25, -0.2) is 9.48 Å². The van der Waals surface area contributed by atoms with Crippen molar-refractivity contribution in [3.63, 3.8) is 0 Å². The van der Waals surface area contributed by atoms with E-state index in [1.807, 2.05) is 6.07 Å². The molecule has 0 aliphatic heterocycles. The Morgan fingerprint density at radius 1 is 1.08 bits per heavy atom. The van der Waals surface area contributed by atoms with Crippen LogP contribution in [0, 0.1) is 28.4 Å². The fourth-order valence-electron chi connectivity index (χ4n) is 3.79. The Kier molecular flexibility index (Phi) is 5.81. The van der Waals surface area contributed by atoms with Gasteiger partial charge in [0.15, 0.2) is 5.69 Å². The molecule has 0 amide bonds. The third kappa shape index (κ3) is 3.94. The molecule has 2 heterocycles. The van der Waals surface area contributed by atoms with E-state index in [1.165, 1.54) is 37.3 Å². The van der Waals surface area contributed by atoms with Crippen LogP contribution in [0.25, 0.3) is 22.6 Å². The number of nitriles is 1. The third-order valence-electron chi connectivity index (χ3n) is 5.55. The lowest BCUT2D eigenvalue weighted by Gasteiger charge is -2.17. The van der Waals surface area contributed by atoms with Crippen molar-refractivity contribution >= 4 is 5.69 Å². The first kappa shape index (κ1) is 24.1. The maximum atomic E-state index is 13.3. The molecule has 0 saturated heterocycles. The van der Waals surface area contributed by atoms with Gasteiger partial charge in [0, 0.05) is 12.7 Å². The van der Waals surface area contributed by atoms with Crippen LogP contribution in [0.2, 0.25) is 0 Å². The molecule has 0 N–H and O–H groups in total. The lowest BCUT2D eigenvalue weighted by molar-refractivity contribution is -0.384. The van der Waals surface area contributed by atoms with E-state index in [9.17, 15) is 32.9 Å². The van der Waals surface area contributed by atoms with Gasteiger partial charge >= 0.3 is 17.6 Å². The number of benzene rings is 2. The summed E-state index contributed by atoms with van der Waals surface area (Å²) in [6, 6.07) is 11.7. The topological polar surface area (TPSA) is 129 Å². The molecule has 0 atom stereocenters. The molecule has 2 aromatic heterocycles. The van der Waals surface area contributed by atoms with Crippen molar-refractivity contribution in [2.45, 2.75) is 13.1 Å². The van der Waals surface area contributed by atoms with Crippen molar-refractivity contribution in [2.24, 2.45) is 7.05 Å². The molecule has 0 bridgehead atoms. The van der Waals surface area contributed by atoms with Crippen LogP contribution in [0.15, 0.2) is 64.3 Å². The second-order valence-corrected chi connectivity index (χ2v) is 7.70. The zero-order valence-electron chi connectivity index (χ0n) is 18.6. The molecule has 36 heavy (non-hydrogen) atoms. The molecule has 4 aromatic rings. The smallest absolute Gasteiger partial charge is 0.268 e. The van der Waals surface area contributed by atoms with Crippen LogP contribution in [0.4, 0.5) is 18.9 Å². The molecule has 0 radical (unpaired) electrons. The Morgan fingerprint density at radius 3 is 2.33 bits per heavy atom. The lowest BCUT2D eigenvalue weighted by Crippen LogP contribution is -2.40. The Balaban J connectivity index is 2.08. The standard InChI is InChI=1S/C23H15F3N6O4/c1-13-19(20-18(32(35)36)12-28-31(20)16-8-6-14(11-27)7-9-16)21(33)29(2)22(34)30(13)17-5-3-4-15(10-17)23(24,25)26/h3-10,12H,1-2H3. The molecule has 0 spiro atoms. The van der Waals surface area contributed by atoms with Crippen LogP contribution in [0.5, 0.6) is 0 Å². The van der Waals surface area contributed by atoms with E-state index < -0.39 is 33.6 Å². The summed E-state index contributed by atoms with van der Waals surface area (Å²) in [5.41, 5.74) is -3.72. The second kappa shape index (κ2) is 8.66. The minimum absolute atomic E-state index is 0.124. The summed E-state index contributed by atoms with van der Waals surface area (Å²) in [7, 11) is 1.12. The van der Waals surface area contributed by atoms with E-state index in [1.54, 1.807) is 0 Å². The molecule has 0 fully saturated rings. The van der Waals surface area contributed by atoms with Gasteiger partial charge in [-0.1, -0.05) is 6.07 Å². The number of nitrogens with zero attached hydrogens (tertiary/aromatic N) is 6. The third-order valence-corrected chi connectivity index (χ3v) is 5.55. The minimum Gasteiger partial charge on any atom is -0.268 e. The molecule has 4 rings (SSSR count). The first-order valence-electron chi connectivity index (χ1n) is 10.2. The second-order valence-electron chi connectivity index (χ2n) is 7.70. The van der Waals surface area contributed by atoms with Gasteiger partial charge in [-0.15, -0.1) is 0 Å². The normalized spacial score (nSPS) is 11.3. The number of alkyl halides is 3. The molecule has 0 saturated carbocycles. The van der Waals surface area contributed by atoms with Gasteiger partial charge in [0.25, 0.3) is 5.56 Å². The van der Waals surface area contributed by atoms with Crippen molar-refractivity contribution in [1.82, 2.24) is 18.9 Å². The highest BCUT2D eigenvalue weighted by atomic mass is 19.4. The van der Waals surface area contributed by atoms with Gasteiger partial charge in [-0.3, -0.25) is 24.0 Å². The number of nitro groups is 1. The zero-order valence-corrected chi connectivity index (χ0v) is 18.6. The zero-order chi connectivity index (χ0) is 26.4. The summed E-state index contributed by atoms with van der Waals surface area (Å²) in [6.07, 6.45) is -3.77. The van der Waals surface area contributed by atoms with Crippen LogP contribution in [0.3, 0.4) is 0 Å². The molecular formula is C23H15F3N6O4. The van der Waals surface area contributed by atoms with Crippen LogP contribution in [-0.4, -0.2) is 23.8 Å². The van der Waals surface area contributed by atoms with Crippen LogP contribution < -0.4 is 11.2 Å². The molecule has 0 unspecified atom stereocenters. The highest BCUT2D eigenvalue weighted by Crippen LogP contribution is 2.33. The summed E-state index contributed by atoms with van der Waals surface area (Å²) in [6.45, 7) is 1.30. The molecule has 13 heteroatoms. The number of rotatable bonds is 4. The lowest BCUT2D eigenvalue weighted by atomic mass is 10.1. The molecule has 182 valence electrons. The monoisotopic (exact) mass is 496 g/mol. The predicted octanol–water partition coefficient (Wildman–Crippen LogP) is 3.50.